The second kappa shape index (κ2) is 11.0. The fraction of sp³-hybridized carbons (Fsp3) is 0.611. The molecule has 8 heteroatoms. The molecule has 1 aromatic carbocycles. The van der Waals surface area contributed by atoms with Gasteiger partial charge in [-0.3, -0.25) is 0 Å². The summed E-state index contributed by atoms with van der Waals surface area (Å²) in [5, 5.41) is 6.46. The summed E-state index contributed by atoms with van der Waals surface area (Å²) in [5.74, 6) is 1.23. The first-order chi connectivity index (χ1) is 11.9. The Morgan fingerprint density at radius 3 is 2.65 bits per heavy atom. The zero-order valence-electron chi connectivity index (χ0n) is 15.3. The van der Waals surface area contributed by atoms with Gasteiger partial charge in [0.15, 0.2) is 5.96 Å². The third-order valence-corrected chi connectivity index (χ3v) is 4.39. The molecule has 1 aliphatic heterocycles. The van der Waals surface area contributed by atoms with Gasteiger partial charge in [0, 0.05) is 19.6 Å². The van der Waals surface area contributed by atoms with E-state index in [1.54, 1.807) is 6.07 Å². The van der Waals surface area contributed by atoms with E-state index in [0.717, 1.165) is 44.7 Å². The third kappa shape index (κ3) is 7.30. The number of hydrogen-bond acceptors (Lipinski definition) is 2. The lowest BCUT2D eigenvalue weighted by molar-refractivity contribution is -0.137. The van der Waals surface area contributed by atoms with Gasteiger partial charge >= 0.3 is 6.18 Å². The molecule has 1 unspecified atom stereocenters. The van der Waals surface area contributed by atoms with Crippen molar-refractivity contribution >= 4 is 29.9 Å². The van der Waals surface area contributed by atoms with Crippen molar-refractivity contribution in [3.05, 3.63) is 35.4 Å². The molecule has 0 aliphatic carbocycles. The van der Waals surface area contributed by atoms with E-state index in [1.165, 1.54) is 6.07 Å². The van der Waals surface area contributed by atoms with Crippen molar-refractivity contribution in [3.8, 4) is 0 Å². The van der Waals surface area contributed by atoms with E-state index in [-0.39, 0.29) is 30.5 Å². The molecule has 2 N–H and O–H groups in total. The third-order valence-electron chi connectivity index (χ3n) is 4.39. The molecule has 0 amide bonds. The lowest BCUT2D eigenvalue weighted by atomic mass is 10.1. The first-order valence-corrected chi connectivity index (χ1v) is 8.83. The summed E-state index contributed by atoms with van der Waals surface area (Å²) in [4.78, 5) is 6.84. The minimum Gasteiger partial charge on any atom is -0.357 e. The molecule has 1 atom stereocenters. The maximum atomic E-state index is 12.8. The van der Waals surface area contributed by atoms with Crippen molar-refractivity contribution < 1.29 is 13.2 Å². The number of rotatable bonds is 6. The quantitative estimate of drug-likeness (QED) is 0.368. The lowest BCUT2D eigenvalue weighted by Gasteiger charge is -2.16. The summed E-state index contributed by atoms with van der Waals surface area (Å²) in [6, 6.07) is 5.32. The standard InChI is InChI=1S/C18H27F3N4.HI/c1-3-22-17(24-12-15-8-9-25(4-2)13-15)23-11-14-6-5-7-16(10-14)18(19,20)21;/h5-7,10,15H,3-4,8-9,11-13H2,1-2H3,(H2,22,23,24);1H. The molecule has 4 nitrogen and oxygen atoms in total. The predicted molar refractivity (Wildman–Crippen MR) is 110 cm³/mol. The molecule has 26 heavy (non-hydrogen) atoms. The first-order valence-electron chi connectivity index (χ1n) is 8.83. The molecule has 1 saturated heterocycles. The number of hydrogen-bond donors (Lipinski definition) is 2. The molecule has 148 valence electrons. The number of halogens is 4. The number of likely N-dealkylation sites (tertiary alicyclic amines) is 1. The molecule has 0 saturated carbocycles. The van der Waals surface area contributed by atoms with Crippen molar-refractivity contribution in [2.75, 3.05) is 32.7 Å². The molecule has 1 aliphatic rings. The van der Waals surface area contributed by atoms with Gasteiger partial charge in [0.25, 0.3) is 0 Å². The molecule has 0 bridgehead atoms. The van der Waals surface area contributed by atoms with Crippen LogP contribution in [0.25, 0.3) is 0 Å². The Bertz CT molecular complexity index is 578. The highest BCUT2D eigenvalue weighted by atomic mass is 127. The van der Waals surface area contributed by atoms with Gasteiger partial charge in [0.1, 0.15) is 0 Å². The molecule has 1 fully saturated rings. The number of guanidine groups is 1. The van der Waals surface area contributed by atoms with E-state index < -0.39 is 11.7 Å². The van der Waals surface area contributed by atoms with Crippen LogP contribution in [0.4, 0.5) is 13.2 Å². The predicted octanol–water partition coefficient (Wildman–Crippen LogP) is 3.72. The van der Waals surface area contributed by atoms with E-state index in [9.17, 15) is 13.2 Å². The van der Waals surface area contributed by atoms with Crippen LogP contribution >= 0.6 is 24.0 Å². The van der Waals surface area contributed by atoms with Gasteiger partial charge < -0.3 is 15.5 Å². The maximum Gasteiger partial charge on any atom is 0.416 e. The zero-order chi connectivity index (χ0) is 18.3. The van der Waals surface area contributed by atoms with Gasteiger partial charge in [-0.25, -0.2) is 4.99 Å². The largest absolute Gasteiger partial charge is 0.416 e. The molecular formula is C18H28F3IN4. The summed E-state index contributed by atoms with van der Waals surface area (Å²) in [5.41, 5.74) is -0.0891. The summed E-state index contributed by atoms with van der Waals surface area (Å²) in [6.45, 7) is 9.15. The van der Waals surface area contributed by atoms with Crippen molar-refractivity contribution in [2.24, 2.45) is 10.9 Å². The SMILES string of the molecule is CCNC(=NCc1cccc(C(F)(F)F)c1)NCC1CCN(CC)C1.I. The van der Waals surface area contributed by atoms with Gasteiger partial charge in [-0.2, -0.15) is 13.2 Å². The highest BCUT2D eigenvalue weighted by Gasteiger charge is 2.30. The summed E-state index contributed by atoms with van der Waals surface area (Å²) in [7, 11) is 0. The molecule has 0 aromatic heterocycles. The van der Waals surface area contributed by atoms with Crippen LogP contribution in [-0.4, -0.2) is 43.6 Å². The van der Waals surface area contributed by atoms with Crippen LogP contribution in [0.1, 0.15) is 31.4 Å². The molecule has 2 rings (SSSR count). The summed E-state index contributed by atoms with van der Waals surface area (Å²) in [6.07, 6.45) is -3.16. The Morgan fingerprint density at radius 2 is 2.04 bits per heavy atom. The Morgan fingerprint density at radius 1 is 1.27 bits per heavy atom. The monoisotopic (exact) mass is 484 g/mol. The maximum absolute atomic E-state index is 12.8. The highest BCUT2D eigenvalue weighted by molar-refractivity contribution is 14.0. The van der Waals surface area contributed by atoms with Crippen LogP contribution < -0.4 is 10.6 Å². The van der Waals surface area contributed by atoms with Crippen molar-refractivity contribution in [3.63, 3.8) is 0 Å². The zero-order valence-corrected chi connectivity index (χ0v) is 17.6. The van der Waals surface area contributed by atoms with E-state index in [0.29, 0.717) is 24.0 Å². The second-order valence-electron chi connectivity index (χ2n) is 6.32. The Balaban J connectivity index is 0.00000338. The van der Waals surface area contributed by atoms with E-state index in [2.05, 4.69) is 27.4 Å². The molecule has 1 heterocycles. The number of aliphatic imine (C=N–C) groups is 1. The fourth-order valence-electron chi connectivity index (χ4n) is 2.97. The van der Waals surface area contributed by atoms with E-state index >= 15 is 0 Å². The van der Waals surface area contributed by atoms with E-state index in [1.807, 2.05) is 6.92 Å². The average molecular weight is 484 g/mol. The van der Waals surface area contributed by atoms with Crippen LogP contribution in [0.2, 0.25) is 0 Å². The summed E-state index contributed by atoms with van der Waals surface area (Å²) >= 11 is 0. The number of nitrogens with one attached hydrogen (secondary N) is 2. The van der Waals surface area contributed by atoms with Crippen molar-refractivity contribution in [1.29, 1.82) is 0 Å². The average Bonchev–Trinajstić information content (AvgIpc) is 3.05. The number of alkyl halides is 3. The minimum absolute atomic E-state index is 0. The Labute approximate surface area is 170 Å². The Hall–Kier alpha value is -1.03. The number of nitrogens with zero attached hydrogens (tertiary/aromatic N) is 2. The fourth-order valence-corrected chi connectivity index (χ4v) is 2.97. The molecular weight excluding hydrogens is 456 g/mol. The minimum atomic E-state index is -4.32. The van der Waals surface area contributed by atoms with Gasteiger partial charge in [0.2, 0.25) is 0 Å². The van der Waals surface area contributed by atoms with Crippen molar-refractivity contribution in [2.45, 2.75) is 33.0 Å². The van der Waals surface area contributed by atoms with Gasteiger partial charge in [0.05, 0.1) is 12.1 Å². The van der Waals surface area contributed by atoms with Gasteiger partial charge in [-0.1, -0.05) is 19.1 Å². The van der Waals surface area contributed by atoms with Crippen LogP contribution in [-0.2, 0) is 12.7 Å². The highest BCUT2D eigenvalue weighted by Crippen LogP contribution is 2.29. The summed E-state index contributed by atoms with van der Waals surface area (Å²) < 4.78 is 38.3. The van der Waals surface area contributed by atoms with Crippen molar-refractivity contribution in [1.82, 2.24) is 15.5 Å². The lowest BCUT2D eigenvalue weighted by Crippen LogP contribution is -2.40. The van der Waals surface area contributed by atoms with Crippen LogP contribution in [0.3, 0.4) is 0 Å². The van der Waals surface area contributed by atoms with Gasteiger partial charge in [-0.15, -0.1) is 24.0 Å². The second-order valence-corrected chi connectivity index (χ2v) is 6.32. The first kappa shape index (κ1) is 23.0. The molecule has 1 aromatic rings. The molecule has 0 spiro atoms. The topological polar surface area (TPSA) is 39.7 Å². The van der Waals surface area contributed by atoms with Crippen LogP contribution in [0.15, 0.2) is 29.3 Å². The van der Waals surface area contributed by atoms with E-state index in [4.69, 9.17) is 0 Å². The van der Waals surface area contributed by atoms with Crippen LogP contribution in [0.5, 0.6) is 0 Å². The van der Waals surface area contributed by atoms with Crippen LogP contribution in [0, 0.1) is 5.92 Å². The number of benzene rings is 1. The smallest absolute Gasteiger partial charge is 0.357 e. The molecule has 0 radical (unpaired) electrons. The Kier molecular flexibility index (Phi) is 9.70. The van der Waals surface area contributed by atoms with Gasteiger partial charge in [-0.05, 0) is 50.0 Å². The normalized spacial score (nSPS) is 18.5.